The van der Waals surface area contributed by atoms with Gasteiger partial charge in [0.15, 0.2) is 0 Å². The molecule has 1 heterocycles. The van der Waals surface area contributed by atoms with Crippen molar-refractivity contribution in [3.63, 3.8) is 0 Å². The van der Waals surface area contributed by atoms with Crippen molar-refractivity contribution in [2.75, 3.05) is 6.54 Å². The average molecular weight is 340 g/mol. The van der Waals surface area contributed by atoms with E-state index in [0.29, 0.717) is 11.3 Å². The molecule has 6 heteroatoms. The summed E-state index contributed by atoms with van der Waals surface area (Å²) in [6, 6.07) is 14.9. The van der Waals surface area contributed by atoms with Crippen molar-refractivity contribution in [2.45, 2.75) is 6.42 Å². The van der Waals surface area contributed by atoms with Crippen LogP contribution in [0.2, 0.25) is 0 Å². The summed E-state index contributed by atoms with van der Waals surface area (Å²) in [6.45, 7) is -0.0130. The summed E-state index contributed by atoms with van der Waals surface area (Å²) in [5, 5.41) is 12.9. The third kappa shape index (κ3) is 4.03. The van der Waals surface area contributed by atoms with E-state index < -0.39 is 11.9 Å². The molecule has 128 valence electrons. The quantitative estimate of drug-likeness (QED) is 0.645. The second-order valence-corrected chi connectivity index (χ2v) is 5.85. The highest BCUT2D eigenvalue weighted by molar-refractivity contribution is 5.98. The first-order valence-electron chi connectivity index (χ1n) is 7.86. The molecule has 0 saturated heterocycles. The first-order valence-corrected chi connectivity index (χ1v) is 7.86. The predicted molar refractivity (Wildman–Crippen MR) is 91.9 cm³/mol. The molecule has 3 N–H and O–H groups in total. The summed E-state index contributed by atoms with van der Waals surface area (Å²) in [5.74, 6) is -2.54. The molecular formula is C19H17FN2O3. The summed E-state index contributed by atoms with van der Waals surface area (Å²) in [6.07, 6.45) is 0.211. The highest BCUT2D eigenvalue weighted by Crippen LogP contribution is 2.15. The van der Waals surface area contributed by atoms with Gasteiger partial charge in [0.1, 0.15) is 11.5 Å². The van der Waals surface area contributed by atoms with E-state index in [4.69, 9.17) is 0 Å². The van der Waals surface area contributed by atoms with E-state index in [1.807, 2.05) is 24.3 Å². The monoisotopic (exact) mass is 340 g/mol. The molecule has 0 aliphatic heterocycles. The molecule has 3 rings (SSSR count). The van der Waals surface area contributed by atoms with Crippen LogP contribution in [-0.4, -0.2) is 28.5 Å². The number of aromatic nitrogens is 1. The fourth-order valence-electron chi connectivity index (χ4n) is 2.66. The van der Waals surface area contributed by atoms with Gasteiger partial charge in [-0.05, 0) is 36.2 Å². The molecule has 0 bridgehead atoms. The maximum Gasteiger partial charge on any atom is 0.308 e. The van der Waals surface area contributed by atoms with Crippen LogP contribution in [0.5, 0.6) is 0 Å². The van der Waals surface area contributed by atoms with Crippen molar-refractivity contribution in [3.05, 3.63) is 71.7 Å². The third-order valence-corrected chi connectivity index (χ3v) is 4.03. The number of carboxylic acids is 1. The number of benzene rings is 2. The van der Waals surface area contributed by atoms with Crippen LogP contribution in [-0.2, 0) is 11.2 Å². The molecule has 0 saturated carbocycles. The van der Waals surface area contributed by atoms with Gasteiger partial charge in [0.25, 0.3) is 5.91 Å². The van der Waals surface area contributed by atoms with Crippen LogP contribution in [0.1, 0.15) is 16.1 Å². The summed E-state index contributed by atoms with van der Waals surface area (Å²) >= 11 is 0. The Morgan fingerprint density at radius 3 is 2.52 bits per heavy atom. The number of aliphatic carboxylic acids is 1. The SMILES string of the molecule is O=C(NCC(Cc1ccc(F)cc1)C(=O)O)c1cc2ccccc2[nH]1. The zero-order chi connectivity index (χ0) is 17.8. The highest BCUT2D eigenvalue weighted by atomic mass is 19.1. The zero-order valence-electron chi connectivity index (χ0n) is 13.3. The largest absolute Gasteiger partial charge is 0.481 e. The molecule has 25 heavy (non-hydrogen) atoms. The van der Waals surface area contributed by atoms with Gasteiger partial charge < -0.3 is 15.4 Å². The van der Waals surface area contributed by atoms with E-state index >= 15 is 0 Å². The molecule has 0 aliphatic carbocycles. The van der Waals surface area contributed by atoms with Gasteiger partial charge in [-0.2, -0.15) is 0 Å². The van der Waals surface area contributed by atoms with Gasteiger partial charge in [-0.3, -0.25) is 9.59 Å². The number of nitrogens with one attached hydrogen (secondary N) is 2. The van der Waals surface area contributed by atoms with Crippen molar-refractivity contribution in [1.29, 1.82) is 0 Å². The fraction of sp³-hybridized carbons (Fsp3) is 0.158. The molecular weight excluding hydrogens is 323 g/mol. The topological polar surface area (TPSA) is 82.2 Å². The lowest BCUT2D eigenvalue weighted by Crippen LogP contribution is -2.34. The molecule has 0 aliphatic rings. The molecule has 1 atom stereocenters. The number of carbonyl (C=O) groups excluding carboxylic acids is 1. The number of hydrogen-bond acceptors (Lipinski definition) is 2. The minimum atomic E-state index is -1.01. The average Bonchev–Trinajstić information content (AvgIpc) is 3.04. The van der Waals surface area contributed by atoms with Gasteiger partial charge in [-0.1, -0.05) is 30.3 Å². The van der Waals surface area contributed by atoms with Gasteiger partial charge in [0.05, 0.1) is 5.92 Å². The number of H-pyrrole nitrogens is 1. The minimum absolute atomic E-state index is 0.0130. The Labute approximate surface area is 143 Å². The van der Waals surface area contributed by atoms with Crippen LogP contribution < -0.4 is 5.32 Å². The Morgan fingerprint density at radius 1 is 1.12 bits per heavy atom. The van der Waals surface area contributed by atoms with Crippen LogP contribution >= 0.6 is 0 Å². The van der Waals surface area contributed by atoms with Gasteiger partial charge in [-0.15, -0.1) is 0 Å². The molecule has 5 nitrogen and oxygen atoms in total. The summed E-state index contributed by atoms with van der Waals surface area (Å²) in [4.78, 5) is 26.7. The zero-order valence-corrected chi connectivity index (χ0v) is 13.3. The molecule has 1 aromatic heterocycles. The Hall–Kier alpha value is -3.15. The lowest BCUT2D eigenvalue weighted by atomic mass is 9.99. The number of para-hydroxylation sites is 1. The van der Waals surface area contributed by atoms with Crippen molar-refractivity contribution in [3.8, 4) is 0 Å². The first kappa shape index (κ1) is 16.7. The van der Waals surface area contributed by atoms with E-state index in [1.54, 1.807) is 18.2 Å². The third-order valence-electron chi connectivity index (χ3n) is 4.03. The summed E-state index contributed by atoms with van der Waals surface area (Å²) in [7, 11) is 0. The molecule has 0 spiro atoms. The number of rotatable bonds is 6. The molecule has 1 unspecified atom stereocenters. The van der Waals surface area contributed by atoms with E-state index in [9.17, 15) is 19.1 Å². The van der Waals surface area contributed by atoms with Crippen molar-refractivity contribution >= 4 is 22.8 Å². The fourth-order valence-corrected chi connectivity index (χ4v) is 2.66. The minimum Gasteiger partial charge on any atom is -0.481 e. The molecule has 3 aromatic rings. The van der Waals surface area contributed by atoms with Crippen molar-refractivity contribution in [1.82, 2.24) is 10.3 Å². The normalized spacial score (nSPS) is 12.0. The van der Waals surface area contributed by atoms with Crippen LogP contribution in [0, 0.1) is 11.7 Å². The number of carboxylic acid groups (broad SMARTS) is 1. The molecule has 1 amide bonds. The van der Waals surface area contributed by atoms with Crippen molar-refractivity contribution in [2.24, 2.45) is 5.92 Å². The molecule has 0 radical (unpaired) electrons. The number of fused-ring (bicyclic) bond motifs is 1. The number of aromatic amines is 1. The second-order valence-electron chi connectivity index (χ2n) is 5.85. The van der Waals surface area contributed by atoms with Gasteiger partial charge >= 0.3 is 5.97 Å². The lowest BCUT2D eigenvalue weighted by Gasteiger charge is -2.13. The van der Waals surface area contributed by atoms with Crippen LogP contribution in [0.15, 0.2) is 54.6 Å². The number of carbonyl (C=O) groups is 2. The van der Waals surface area contributed by atoms with E-state index in [1.165, 1.54) is 12.1 Å². The predicted octanol–water partition coefficient (Wildman–Crippen LogP) is 2.98. The van der Waals surface area contributed by atoms with Crippen LogP contribution in [0.3, 0.4) is 0 Å². The number of hydrogen-bond donors (Lipinski definition) is 3. The van der Waals surface area contributed by atoms with E-state index in [0.717, 1.165) is 10.9 Å². The standard InChI is InChI=1S/C19H17FN2O3/c20-15-7-5-12(6-8-15)9-14(19(24)25)11-21-18(23)17-10-13-3-1-2-4-16(13)22-17/h1-8,10,14,22H,9,11H2,(H,21,23)(H,24,25). The number of halogens is 1. The summed E-state index contributed by atoms with van der Waals surface area (Å²) < 4.78 is 12.9. The molecule has 2 aromatic carbocycles. The Balaban J connectivity index is 1.65. The van der Waals surface area contributed by atoms with Crippen molar-refractivity contribution < 1.29 is 19.1 Å². The maximum atomic E-state index is 12.9. The van der Waals surface area contributed by atoms with Gasteiger partial charge in [0.2, 0.25) is 0 Å². The number of amides is 1. The lowest BCUT2D eigenvalue weighted by molar-refractivity contribution is -0.141. The summed E-state index contributed by atoms with van der Waals surface area (Å²) in [5.41, 5.74) is 1.93. The van der Waals surface area contributed by atoms with Crippen LogP contribution in [0.4, 0.5) is 4.39 Å². The smallest absolute Gasteiger partial charge is 0.308 e. The Bertz CT molecular complexity index is 869. The first-order chi connectivity index (χ1) is 12.0. The second kappa shape index (κ2) is 7.17. The Kier molecular flexibility index (Phi) is 4.79. The highest BCUT2D eigenvalue weighted by Gasteiger charge is 2.20. The van der Waals surface area contributed by atoms with E-state index in [2.05, 4.69) is 10.3 Å². The van der Waals surface area contributed by atoms with Gasteiger partial charge in [-0.25, -0.2) is 4.39 Å². The Morgan fingerprint density at radius 2 is 1.84 bits per heavy atom. The van der Waals surface area contributed by atoms with E-state index in [-0.39, 0.29) is 24.7 Å². The van der Waals surface area contributed by atoms with Gasteiger partial charge in [0, 0.05) is 17.4 Å². The van der Waals surface area contributed by atoms with Crippen LogP contribution in [0.25, 0.3) is 10.9 Å². The maximum absolute atomic E-state index is 12.9. The molecule has 0 fully saturated rings.